The summed E-state index contributed by atoms with van der Waals surface area (Å²) in [6, 6.07) is 11.9. The maximum absolute atomic E-state index is 14.1. The maximum Gasteiger partial charge on any atom is 0.408 e. The lowest BCUT2D eigenvalue weighted by Crippen LogP contribution is -2.58. The Bertz CT molecular complexity index is 1750. The van der Waals surface area contributed by atoms with E-state index in [1.165, 1.54) is 88.7 Å². The highest BCUT2D eigenvalue weighted by Crippen LogP contribution is 2.16. The van der Waals surface area contributed by atoms with Gasteiger partial charge >= 0.3 is 18.0 Å². The lowest BCUT2D eigenvalue weighted by atomic mass is 10.0. The number of benzene rings is 2. The van der Waals surface area contributed by atoms with E-state index in [4.69, 9.17) is 14.2 Å². The Morgan fingerprint density at radius 2 is 1.18 bits per heavy atom. The van der Waals surface area contributed by atoms with Crippen molar-refractivity contribution in [3.8, 4) is 5.75 Å². The molecule has 14 nitrogen and oxygen atoms in total. The van der Waals surface area contributed by atoms with Gasteiger partial charge in [-0.2, -0.15) is 0 Å². The van der Waals surface area contributed by atoms with Crippen LogP contribution in [0.15, 0.2) is 54.6 Å². The minimum atomic E-state index is -1.34. The SMILES string of the molecule is CCCCCCCCCCCCCCCCOC(=O)CCN(C)C(=O)[C@H](Cc1ccccc1)NC(=O)[C@@H](CCS(C)=O)NC(=O)[C@H](Cc1ccc(OC(C)=O)cc1)NC(=O)OC(C)(C)C. The smallest absolute Gasteiger partial charge is 0.408 e. The molecule has 0 fully saturated rings. The van der Waals surface area contributed by atoms with Crippen molar-refractivity contribution in [1.29, 1.82) is 0 Å². The minimum absolute atomic E-state index is 0.0215. The van der Waals surface area contributed by atoms with Gasteiger partial charge in [0.25, 0.3) is 0 Å². The molecule has 0 heterocycles. The van der Waals surface area contributed by atoms with Crippen LogP contribution in [0.4, 0.5) is 4.79 Å². The molecule has 0 saturated heterocycles. The van der Waals surface area contributed by atoms with Crippen molar-refractivity contribution < 1.29 is 47.2 Å². The molecule has 4 amide bonds. The topological polar surface area (TPSA) is 187 Å². The van der Waals surface area contributed by atoms with E-state index in [1.807, 2.05) is 30.3 Å². The largest absolute Gasteiger partial charge is 0.466 e. The fourth-order valence-corrected chi connectivity index (χ4v) is 7.66. The molecule has 2 rings (SSSR count). The highest BCUT2D eigenvalue weighted by Gasteiger charge is 2.32. The summed E-state index contributed by atoms with van der Waals surface area (Å²) in [6.45, 7) is 8.95. The molecule has 0 saturated carbocycles. The Hall–Kier alpha value is -4.79. The number of nitrogens with one attached hydrogen (secondary N) is 3. The third-order valence-electron chi connectivity index (χ3n) is 10.6. The molecule has 2 aromatic carbocycles. The molecular weight excluding hydrogens is 849 g/mol. The minimum Gasteiger partial charge on any atom is -0.466 e. The van der Waals surface area contributed by atoms with Gasteiger partial charge in [-0.3, -0.25) is 28.2 Å². The van der Waals surface area contributed by atoms with Gasteiger partial charge in [-0.05, 0) is 56.9 Å². The summed E-state index contributed by atoms with van der Waals surface area (Å²) in [5, 5.41) is 8.13. The number of amides is 4. The normalized spacial score (nSPS) is 13.1. The lowest BCUT2D eigenvalue weighted by Gasteiger charge is -2.28. The first kappa shape index (κ1) is 56.3. The molecule has 0 aliphatic carbocycles. The summed E-state index contributed by atoms with van der Waals surface area (Å²) in [5.41, 5.74) is 0.496. The second-order valence-electron chi connectivity index (χ2n) is 17.8. The average molecular weight is 927 g/mol. The summed E-state index contributed by atoms with van der Waals surface area (Å²) in [4.78, 5) is 80.5. The van der Waals surface area contributed by atoms with Crippen LogP contribution in [0.25, 0.3) is 0 Å². The van der Waals surface area contributed by atoms with E-state index < -0.39 is 70.3 Å². The molecule has 1 unspecified atom stereocenters. The number of carbonyl (C=O) groups is 6. The third kappa shape index (κ3) is 26.7. The van der Waals surface area contributed by atoms with Crippen LogP contribution in [0.1, 0.15) is 148 Å². The van der Waals surface area contributed by atoms with Gasteiger partial charge in [0.1, 0.15) is 29.5 Å². The van der Waals surface area contributed by atoms with Gasteiger partial charge in [-0.1, -0.05) is 133 Å². The summed E-state index contributed by atoms with van der Waals surface area (Å²) in [7, 11) is 0.215. The fourth-order valence-electron chi connectivity index (χ4n) is 7.09. The van der Waals surface area contributed by atoms with Crippen molar-refractivity contribution in [3.63, 3.8) is 0 Å². The number of hydrogen-bond donors (Lipinski definition) is 3. The molecule has 0 bridgehead atoms. The number of nitrogens with zero attached hydrogens (tertiary/aromatic N) is 1. The summed E-state index contributed by atoms with van der Waals surface area (Å²) >= 11 is 0. The molecule has 0 aliphatic rings. The molecule has 15 heteroatoms. The van der Waals surface area contributed by atoms with Gasteiger partial charge in [0.2, 0.25) is 17.7 Å². The molecule has 0 aliphatic heterocycles. The van der Waals surface area contributed by atoms with Crippen LogP contribution >= 0.6 is 0 Å². The maximum atomic E-state index is 14.1. The standard InChI is InChI=1S/C50H78N4O10S/c1-8-9-10-11-12-13-14-15-16-17-18-19-20-24-34-62-45(56)31-33-54(6)48(59)44(37-39-25-22-21-23-26-39)52-46(57)42(32-35-65(7)61)51-47(58)43(53-49(60)64-50(3,4)5)36-40-27-29-41(30-28-40)63-38(2)55/h21-23,25-30,42-44H,8-20,24,31-37H2,1-7H3,(H,51,58)(H,52,57)(H,53,60)/t42-,43+,44+,65?/m1/s1. The van der Waals surface area contributed by atoms with E-state index >= 15 is 0 Å². The van der Waals surface area contributed by atoms with Crippen LogP contribution in [0.5, 0.6) is 5.75 Å². The van der Waals surface area contributed by atoms with Gasteiger partial charge in [-0.15, -0.1) is 0 Å². The second kappa shape index (κ2) is 32.0. The number of esters is 2. The fraction of sp³-hybridized carbons (Fsp3) is 0.640. The molecule has 0 radical (unpaired) electrons. The molecule has 364 valence electrons. The zero-order chi connectivity index (χ0) is 48.0. The molecule has 0 spiro atoms. The van der Waals surface area contributed by atoms with Crippen LogP contribution in [0.3, 0.4) is 0 Å². The molecular formula is C50H78N4O10S. The van der Waals surface area contributed by atoms with Crippen molar-refractivity contribution in [2.45, 2.75) is 174 Å². The highest BCUT2D eigenvalue weighted by molar-refractivity contribution is 7.84. The van der Waals surface area contributed by atoms with Crippen molar-refractivity contribution in [3.05, 3.63) is 65.7 Å². The number of unbranched alkanes of at least 4 members (excludes halogenated alkanes) is 13. The number of likely N-dealkylation sites (N-methyl/N-ethyl adjacent to an activating group) is 1. The van der Waals surface area contributed by atoms with E-state index in [1.54, 1.807) is 52.1 Å². The Morgan fingerprint density at radius 3 is 1.72 bits per heavy atom. The van der Waals surface area contributed by atoms with Gasteiger partial charge < -0.3 is 35.1 Å². The Kier molecular flexibility index (Phi) is 27.7. The molecule has 2 aromatic rings. The van der Waals surface area contributed by atoms with Crippen LogP contribution in [0.2, 0.25) is 0 Å². The van der Waals surface area contributed by atoms with E-state index in [2.05, 4.69) is 22.9 Å². The predicted octanol–water partition coefficient (Wildman–Crippen LogP) is 7.90. The highest BCUT2D eigenvalue weighted by atomic mass is 32.2. The predicted molar refractivity (Wildman–Crippen MR) is 256 cm³/mol. The first-order chi connectivity index (χ1) is 31.0. The Balaban J connectivity index is 2.04. The summed E-state index contributed by atoms with van der Waals surface area (Å²) < 4.78 is 28.3. The molecule has 0 aromatic heterocycles. The molecule has 65 heavy (non-hydrogen) atoms. The third-order valence-corrected chi connectivity index (χ3v) is 11.5. The first-order valence-electron chi connectivity index (χ1n) is 23.6. The second-order valence-corrected chi connectivity index (χ2v) is 19.4. The van der Waals surface area contributed by atoms with E-state index in [0.29, 0.717) is 17.9 Å². The van der Waals surface area contributed by atoms with Crippen LogP contribution in [-0.2, 0) is 57.1 Å². The molecule has 4 atom stereocenters. The van der Waals surface area contributed by atoms with Crippen molar-refractivity contribution in [1.82, 2.24) is 20.9 Å². The van der Waals surface area contributed by atoms with Gasteiger partial charge in [0.05, 0.1) is 13.0 Å². The number of hydrogen-bond acceptors (Lipinski definition) is 10. The van der Waals surface area contributed by atoms with Crippen LogP contribution in [0, 0.1) is 0 Å². The lowest BCUT2D eigenvalue weighted by molar-refractivity contribution is -0.145. The Morgan fingerprint density at radius 1 is 0.677 bits per heavy atom. The quantitative estimate of drug-likeness (QED) is 0.0370. The van der Waals surface area contributed by atoms with Gasteiger partial charge in [0, 0.05) is 56.2 Å². The van der Waals surface area contributed by atoms with Crippen molar-refractivity contribution in [2.75, 3.05) is 32.2 Å². The Labute approximate surface area is 390 Å². The average Bonchev–Trinajstić information content (AvgIpc) is 3.24. The van der Waals surface area contributed by atoms with E-state index in [-0.39, 0.29) is 38.0 Å². The van der Waals surface area contributed by atoms with Crippen LogP contribution in [-0.4, -0.2) is 101 Å². The number of rotatable bonds is 32. The zero-order valence-corrected chi connectivity index (χ0v) is 41.0. The first-order valence-corrected chi connectivity index (χ1v) is 25.3. The summed E-state index contributed by atoms with van der Waals surface area (Å²) in [6.07, 6.45) is 17.9. The van der Waals surface area contributed by atoms with Crippen molar-refractivity contribution >= 4 is 46.6 Å². The number of carbonyl (C=O) groups excluding carboxylic acids is 6. The van der Waals surface area contributed by atoms with Gasteiger partial charge in [-0.25, -0.2) is 4.79 Å². The number of ether oxygens (including phenoxy) is 3. The van der Waals surface area contributed by atoms with Crippen LogP contribution < -0.4 is 20.7 Å². The summed E-state index contributed by atoms with van der Waals surface area (Å²) in [5.74, 6) is -2.42. The van der Waals surface area contributed by atoms with Gasteiger partial charge in [0.15, 0.2) is 0 Å². The van der Waals surface area contributed by atoms with E-state index in [9.17, 15) is 33.0 Å². The molecule has 3 N–H and O–H groups in total. The monoisotopic (exact) mass is 927 g/mol. The van der Waals surface area contributed by atoms with Crippen molar-refractivity contribution in [2.24, 2.45) is 0 Å². The number of alkyl carbamates (subject to hydrolysis) is 1. The zero-order valence-electron chi connectivity index (χ0n) is 40.2. The van der Waals surface area contributed by atoms with E-state index in [0.717, 1.165) is 24.8 Å².